The first-order valence-corrected chi connectivity index (χ1v) is 7.50. The smallest absolute Gasteiger partial charge is 0.863 e. The summed E-state index contributed by atoms with van der Waals surface area (Å²) in [5, 5.41) is 107. The third kappa shape index (κ3) is 6.06. The second kappa shape index (κ2) is 11.2. The third-order valence-corrected chi connectivity index (χ3v) is 3.49. The summed E-state index contributed by atoms with van der Waals surface area (Å²) in [7, 11) is 0. The van der Waals surface area contributed by atoms with Crippen molar-refractivity contribution in [2.75, 3.05) is 0 Å². The Balaban J connectivity index is 0.000000642. The van der Waals surface area contributed by atoms with Crippen molar-refractivity contribution >= 4 is 61.4 Å². The van der Waals surface area contributed by atoms with Crippen molar-refractivity contribution in [3.05, 3.63) is 72.8 Å². The predicted molar refractivity (Wildman–Crippen MR) is 96.3 cm³/mol. The number of nitro benzene ring substituents is 6. The number of hydrogen-bond acceptors (Lipinski definition) is 16. The van der Waals surface area contributed by atoms with Crippen molar-refractivity contribution < 1.29 is 50.0 Å². The van der Waals surface area contributed by atoms with E-state index in [1.807, 2.05) is 0 Å². The molecule has 0 N–H and O–H groups in total. The van der Waals surface area contributed by atoms with Gasteiger partial charge in [-0.25, -0.2) is 0 Å². The summed E-state index contributed by atoms with van der Waals surface area (Å²) >= 11 is 0. The van der Waals surface area contributed by atoms with Crippen LogP contribution < -0.4 is 20.4 Å². The van der Waals surface area contributed by atoms with E-state index in [-0.39, 0.29) is 39.4 Å². The molecule has 0 unspecified atom stereocenters. The van der Waals surface area contributed by atoms with Gasteiger partial charge in [-0.05, 0) is 0 Å². The molecule has 2 aromatic rings. The summed E-state index contributed by atoms with van der Waals surface area (Å²) < 4.78 is 0. The fourth-order valence-corrected chi connectivity index (χ4v) is 2.09. The normalized spacial score (nSPS) is 9.60. The maximum Gasteiger partial charge on any atom is 4.00 e. The van der Waals surface area contributed by atoms with Crippen LogP contribution in [0.4, 0.5) is 34.1 Å². The molecule has 2 rings (SSSR count). The van der Waals surface area contributed by atoms with E-state index in [1.165, 1.54) is 0 Å². The zero-order valence-electron chi connectivity index (χ0n) is 15.9. The molecule has 0 heterocycles. The molecule has 0 aliphatic rings. The molecule has 0 atom stereocenters. The summed E-state index contributed by atoms with van der Waals surface area (Å²) in [5.41, 5.74) is -8.95. The van der Waals surface area contributed by atoms with Crippen LogP contribution >= 0.6 is 0 Å². The minimum absolute atomic E-state index is 0. The quantitative estimate of drug-likeness (QED) is 0.193. The average molecular weight is 693 g/mol. The van der Waals surface area contributed by atoms with Crippen LogP contribution in [0.2, 0.25) is 0 Å². The molecule has 0 fully saturated rings. The SMILES string of the molecule is O=[N+]([O-])c1cc([N+](=O)[O-])c([O-])c([N+](=O)[O-])c1[O-].O=[N+]([O-])c1cc([N+](=O)[O-])c([O-])c([N+](=O)[O-])c1[O-].[Pb+4]. The molecule has 0 saturated carbocycles. The van der Waals surface area contributed by atoms with Gasteiger partial charge >= 0.3 is 27.3 Å². The van der Waals surface area contributed by atoms with Crippen molar-refractivity contribution in [1.82, 2.24) is 0 Å². The van der Waals surface area contributed by atoms with Gasteiger partial charge in [0, 0.05) is 0 Å². The van der Waals surface area contributed by atoms with Crippen LogP contribution in [0.1, 0.15) is 0 Å². The number of nitrogens with zero attached hydrogens (tertiary/aromatic N) is 6. The van der Waals surface area contributed by atoms with Gasteiger partial charge in [0.15, 0.2) is 0 Å². The first kappa shape index (κ1) is 30.0. The molecular formula is C12H2N6O16Pb. The van der Waals surface area contributed by atoms with E-state index in [1.54, 1.807) is 0 Å². The number of benzene rings is 2. The molecule has 0 spiro atoms. The molecule has 0 aromatic heterocycles. The third-order valence-electron chi connectivity index (χ3n) is 3.49. The maximum atomic E-state index is 11.1. The van der Waals surface area contributed by atoms with Gasteiger partial charge < -0.3 is 20.4 Å². The monoisotopic (exact) mass is 694 g/mol. The van der Waals surface area contributed by atoms with Gasteiger partial charge in [0.05, 0.1) is 64.7 Å². The van der Waals surface area contributed by atoms with E-state index in [4.69, 9.17) is 0 Å². The Hall–Kier alpha value is -5.04. The Labute approximate surface area is 207 Å². The van der Waals surface area contributed by atoms with E-state index < -0.39 is 86.7 Å². The second-order valence-corrected chi connectivity index (χ2v) is 5.39. The topological polar surface area (TPSA) is 351 Å². The van der Waals surface area contributed by atoms with Crippen molar-refractivity contribution in [3.8, 4) is 23.0 Å². The second-order valence-electron chi connectivity index (χ2n) is 5.39. The minimum atomic E-state index is -1.75. The van der Waals surface area contributed by atoms with Crippen LogP contribution in [0.15, 0.2) is 12.1 Å². The van der Waals surface area contributed by atoms with E-state index in [2.05, 4.69) is 0 Å². The summed E-state index contributed by atoms with van der Waals surface area (Å²) in [6.07, 6.45) is 0. The predicted octanol–water partition coefficient (Wildman–Crippen LogP) is -1.26. The van der Waals surface area contributed by atoms with E-state index >= 15 is 0 Å². The molecule has 0 amide bonds. The van der Waals surface area contributed by atoms with E-state index in [9.17, 15) is 81.1 Å². The Morgan fingerprint density at radius 1 is 0.400 bits per heavy atom. The Bertz CT molecular complexity index is 1100. The van der Waals surface area contributed by atoms with Gasteiger partial charge in [-0.1, -0.05) is 0 Å². The molecule has 0 saturated heterocycles. The minimum Gasteiger partial charge on any atom is -0.863 e. The maximum absolute atomic E-state index is 11.1. The van der Waals surface area contributed by atoms with Crippen molar-refractivity contribution in [1.29, 1.82) is 0 Å². The molecule has 0 aliphatic heterocycles. The first-order chi connectivity index (χ1) is 15.5. The standard InChI is InChI=1S/2C6H3N3O8.Pb/c2*10-5-2(7(12)13)1-3(8(14)15)6(11)4(5)9(16)17;/h2*1,10-11H;/q;;+4/p-4. The van der Waals surface area contributed by atoms with E-state index in [0.29, 0.717) is 0 Å². The molecule has 35 heavy (non-hydrogen) atoms. The summed E-state index contributed by atoms with van der Waals surface area (Å²) in [5.74, 6) is -7.02. The zero-order valence-corrected chi connectivity index (χ0v) is 19.8. The molecule has 0 radical (unpaired) electrons. The largest absolute Gasteiger partial charge is 4.00 e. The van der Waals surface area contributed by atoms with Crippen LogP contribution in [-0.4, -0.2) is 56.8 Å². The first-order valence-electron chi connectivity index (χ1n) is 7.50. The van der Waals surface area contributed by atoms with Gasteiger partial charge in [0.25, 0.3) is 34.1 Å². The van der Waals surface area contributed by atoms with Crippen LogP contribution in [0.5, 0.6) is 23.0 Å². The molecule has 2 aromatic carbocycles. The van der Waals surface area contributed by atoms with Gasteiger partial charge in [0.2, 0.25) is 0 Å². The van der Waals surface area contributed by atoms with Crippen LogP contribution in [-0.2, 0) is 0 Å². The molecule has 22 nitrogen and oxygen atoms in total. The Morgan fingerprint density at radius 2 is 0.571 bits per heavy atom. The molecule has 0 aliphatic carbocycles. The van der Waals surface area contributed by atoms with Crippen LogP contribution in [0, 0.1) is 60.7 Å². The average Bonchev–Trinajstić information content (AvgIpc) is 2.66. The fraction of sp³-hybridized carbons (Fsp3) is 0. The van der Waals surface area contributed by atoms with Gasteiger partial charge in [-0.3, -0.25) is 60.7 Å². The van der Waals surface area contributed by atoms with Crippen molar-refractivity contribution in [2.24, 2.45) is 0 Å². The Morgan fingerprint density at radius 3 is 0.686 bits per heavy atom. The number of hydrogen-bond donors (Lipinski definition) is 0. The molecule has 23 heteroatoms. The summed E-state index contributed by atoms with van der Waals surface area (Å²) in [6, 6.07) is 0.218. The van der Waals surface area contributed by atoms with E-state index in [0.717, 1.165) is 0 Å². The molecular weight excluding hydrogens is 691 g/mol. The molecule has 0 bridgehead atoms. The van der Waals surface area contributed by atoms with Crippen LogP contribution in [0.3, 0.4) is 0 Å². The number of rotatable bonds is 6. The van der Waals surface area contributed by atoms with Gasteiger partial charge in [0.1, 0.15) is 0 Å². The summed E-state index contributed by atoms with van der Waals surface area (Å²) in [6.45, 7) is 0. The van der Waals surface area contributed by atoms with Crippen LogP contribution in [0.25, 0.3) is 0 Å². The van der Waals surface area contributed by atoms with Crippen molar-refractivity contribution in [3.63, 3.8) is 0 Å². The van der Waals surface area contributed by atoms with Crippen molar-refractivity contribution in [2.45, 2.75) is 0 Å². The summed E-state index contributed by atoms with van der Waals surface area (Å²) in [4.78, 5) is 53.8. The number of nitro groups is 6. The zero-order chi connectivity index (χ0) is 26.7. The molecule has 180 valence electrons. The van der Waals surface area contributed by atoms with Gasteiger partial charge in [-0.15, -0.1) is 0 Å². The van der Waals surface area contributed by atoms with Gasteiger partial charge in [-0.2, -0.15) is 0 Å². The Kier molecular flexibility index (Phi) is 9.59. The fourth-order valence-electron chi connectivity index (χ4n) is 2.09.